The fourth-order valence-corrected chi connectivity index (χ4v) is 3.85. The number of nitrogens with two attached hydrogens (primary N) is 1. The largest absolute Gasteiger partial charge is 0.380 e. The molecule has 170 valence electrons. The first-order valence-electron chi connectivity index (χ1n) is 11.5. The molecule has 3 nitrogen and oxygen atoms in total. The molecule has 3 rings (SSSR count). The summed E-state index contributed by atoms with van der Waals surface area (Å²) in [6, 6.07) is 9.12. The molecule has 0 bridgehead atoms. The zero-order valence-corrected chi connectivity index (χ0v) is 19.9. The van der Waals surface area contributed by atoms with E-state index in [0.29, 0.717) is 12.6 Å². The summed E-state index contributed by atoms with van der Waals surface area (Å²) in [6.07, 6.45) is 7.23. The number of aryl methyl sites for hydroxylation is 2. The summed E-state index contributed by atoms with van der Waals surface area (Å²) in [5, 5.41) is 0. The van der Waals surface area contributed by atoms with Crippen molar-refractivity contribution >= 4 is 0 Å². The van der Waals surface area contributed by atoms with E-state index in [0.717, 1.165) is 45.8 Å². The molecule has 0 atom stereocenters. The monoisotopic (exact) mass is 411 g/mol. The Morgan fingerprint density at radius 2 is 1.28 bits per heavy atom. The molecule has 1 aromatic carbocycles. The molecule has 0 aromatic heterocycles. The van der Waals surface area contributed by atoms with Crippen LogP contribution in [0, 0.1) is 10.8 Å². The highest BCUT2D eigenvalue weighted by Crippen LogP contribution is 2.37. The lowest BCUT2D eigenvalue weighted by atomic mass is 9.76. The topological polar surface area (TPSA) is 44.5 Å². The summed E-state index contributed by atoms with van der Waals surface area (Å²) >= 11 is 0. The standard InChI is InChI=1S/C20H31NO2.2C2H6.CH3F/c1-2-8-19(13-22-14-19)9-6-17-4-3-5-18(11-17)7-10-20(12-21)15-23-16-20;3*1-2/h3-5,11H,2,6-10,12-16,21H2,1H3;2*1-2H3;1H3. The van der Waals surface area contributed by atoms with E-state index in [1.54, 1.807) is 0 Å². The average molecular weight is 412 g/mol. The third-order valence-electron chi connectivity index (χ3n) is 5.73. The minimum atomic E-state index is 0.241. The molecule has 0 aliphatic carbocycles. The Kier molecular flexibility index (Phi) is 15.3. The van der Waals surface area contributed by atoms with Gasteiger partial charge in [-0.1, -0.05) is 65.3 Å². The molecule has 4 heteroatoms. The van der Waals surface area contributed by atoms with Crippen LogP contribution in [-0.2, 0) is 22.3 Å². The maximum Gasteiger partial charge on any atom is 0.0785 e. The Labute approximate surface area is 179 Å². The normalized spacial score (nSPS) is 17.7. The molecular formula is C25H46FNO2. The molecule has 0 amide bonds. The van der Waals surface area contributed by atoms with Gasteiger partial charge >= 0.3 is 0 Å². The van der Waals surface area contributed by atoms with Crippen LogP contribution in [0.5, 0.6) is 0 Å². The Bertz CT molecular complexity index is 508. The number of halogens is 1. The van der Waals surface area contributed by atoms with Crippen LogP contribution in [0.25, 0.3) is 0 Å². The van der Waals surface area contributed by atoms with E-state index in [2.05, 4.69) is 31.2 Å². The summed E-state index contributed by atoms with van der Waals surface area (Å²) in [7, 11) is 0.500. The maximum absolute atomic E-state index is 9.50. The summed E-state index contributed by atoms with van der Waals surface area (Å²) in [5.74, 6) is 0. The SMILES string of the molecule is CC.CC.CCCC1(CCc2cccc(CCC3(CN)COC3)c2)COC1.CF. The van der Waals surface area contributed by atoms with Crippen molar-refractivity contribution in [1.29, 1.82) is 0 Å². The van der Waals surface area contributed by atoms with Gasteiger partial charge in [0.05, 0.1) is 33.6 Å². The van der Waals surface area contributed by atoms with Crippen LogP contribution in [-0.4, -0.2) is 40.1 Å². The first kappa shape index (κ1) is 28.0. The van der Waals surface area contributed by atoms with E-state index in [9.17, 15) is 4.39 Å². The lowest BCUT2D eigenvalue weighted by Crippen LogP contribution is -2.48. The first-order valence-corrected chi connectivity index (χ1v) is 11.5. The predicted octanol–water partition coefficient (Wildman–Crippen LogP) is 5.98. The summed E-state index contributed by atoms with van der Waals surface area (Å²) < 4.78 is 20.4. The molecule has 2 saturated heterocycles. The summed E-state index contributed by atoms with van der Waals surface area (Å²) in [4.78, 5) is 0. The second kappa shape index (κ2) is 15.8. The van der Waals surface area contributed by atoms with Crippen molar-refractivity contribution in [2.45, 2.75) is 73.1 Å². The van der Waals surface area contributed by atoms with E-state index in [1.807, 2.05) is 27.7 Å². The van der Waals surface area contributed by atoms with Gasteiger partial charge in [-0.05, 0) is 43.2 Å². The maximum atomic E-state index is 9.50. The quantitative estimate of drug-likeness (QED) is 0.543. The van der Waals surface area contributed by atoms with Gasteiger partial charge in [-0.25, -0.2) is 0 Å². The molecule has 29 heavy (non-hydrogen) atoms. The first-order chi connectivity index (χ1) is 14.2. The van der Waals surface area contributed by atoms with Crippen LogP contribution in [0.3, 0.4) is 0 Å². The Balaban J connectivity index is 0.00000120. The highest BCUT2D eigenvalue weighted by Gasteiger charge is 2.37. The zero-order chi connectivity index (χ0) is 22.2. The molecule has 2 heterocycles. The molecule has 2 fully saturated rings. The molecule has 0 radical (unpaired) electrons. The Morgan fingerprint density at radius 3 is 1.62 bits per heavy atom. The molecular weight excluding hydrogens is 365 g/mol. The van der Waals surface area contributed by atoms with Gasteiger partial charge < -0.3 is 15.2 Å². The second-order valence-corrected chi connectivity index (χ2v) is 7.76. The Hall–Kier alpha value is -0.970. The number of hydrogen-bond donors (Lipinski definition) is 1. The highest BCUT2D eigenvalue weighted by molar-refractivity contribution is 5.24. The molecule has 0 saturated carbocycles. The minimum absolute atomic E-state index is 0.241. The van der Waals surface area contributed by atoms with Gasteiger partial charge in [0.25, 0.3) is 0 Å². The number of benzene rings is 1. The van der Waals surface area contributed by atoms with E-state index in [4.69, 9.17) is 15.2 Å². The lowest BCUT2D eigenvalue weighted by Gasteiger charge is -2.42. The van der Waals surface area contributed by atoms with Gasteiger partial charge in [-0.15, -0.1) is 0 Å². The summed E-state index contributed by atoms with van der Waals surface area (Å²) in [5.41, 5.74) is 9.52. The number of ether oxygens (including phenoxy) is 2. The number of alkyl halides is 1. The van der Waals surface area contributed by atoms with Crippen molar-refractivity contribution in [3.8, 4) is 0 Å². The van der Waals surface area contributed by atoms with Crippen LogP contribution in [0.2, 0.25) is 0 Å². The smallest absolute Gasteiger partial charge is 0.0785 e. The number of hydrogen-bond acceptors (Lipinski definition) is 3. The summed E-state index contributed by atoms with van der Waals surface area (Å²) in [6.45, 7) is 14.6. The van der Waals surface area contributed by atoms with Crippen molar-refractivity contribution in [3.63, 3.8) is 0 Å². The van der Waals surface area contributed by atoms with Gasteiger partial charge in [0.2, 0.25) is 0 Å². The van der Waals surface area contributed by atoms with Crippen LogP contribution in [0.4, 0.5) is 4.39 Å². The zero-order valence-electron chi connectivity index (χ0n) is 19.9. The number of rotatable bonds is 9. The predicted molar refractivity (Wildman–Crippen MR) is 123 cm³/mol. The molecule has 1 aromatic rings. The molecule has 2 aliphatic rings. The van der Waals surface area contributed by atoms with Gasteiger partial charge in [0.15, 0.2) is 0 Å². The highest BCUT2D eigenvalue weighted by atomic mass is 19.1. The van der Waals surface area contributed by atoms with E-state index in [-0.39, 0.29) is 5.41 Å². The molecule has 0 unspecified atom stereocenters. The fraction of sp³-hybridized carbons (Fsp3) is 0.760. The van der Waals surface area contributed by atoms with E-state index >= 15 is 0 Å². The average Bonchev–Trinajstić information content (AvgIpc) is 2.74. The van der Waals surface area contributed by atoms with Crippen molar-refractivity contribution in [1.82, 2.24) is 0 Å². The van der Waals surface area contributed by atoms with Crippen LogP contribution >= 0.6 is 0 Å². The third-order valence-corrected chi connectivity index (χ3v) is 5.73. The lowest BCUT2D eigenvalue weighted by molar-refractivity contribution is -0.121. The van der Waals surface area contributed by atoms with Gasteiger partial charge in [0, 0.05) is 17.4 Å². The molecule has 0 spiro atoms. The van der Waals surface area contributed by atoms with Crippen LogP contribution in [0.1, 0.15) is 71.4 Å². The molecule has 2 aliphatic heterocycles. The van der Waals surface area contributed by atoms with Crippen molar-refractivity contribution in [3.05, 3.63) is 35.4 Å². The fourth-order valence-electron chi connectivity index (χ4n) is 3.85. The van der Waals surface area contributed by atoms with E-state index < -0.39 is 0 Å². The van der Waals surface area contributed by atoms with E-state index in [1.165, 1.54) is 36.8 Å². The van der Waals surface area contributed by atoms with Crippen LogP contribution < -0.4 is 5.73 Å². The Morgan fingerprint density at radius 1 is 0.828 bits per heavy atom. The van der Waals surface area contributed by atoms with Crippen molar-refractivity contribution < 1.29 is 13.9 Å². The van der Waals surface area contributed by atoms with Gasteiger partial charge in [0.1, 0.15) is 0 Å². The van der Waals surface area contributed by atoms with Gasteiger partial charge in [-0.3, -0.25) is 4.39 Å². The second-order valence-electron chi connectivity index (χ2n) is 7.76. The van der Waals surface area contributed by atoms with Gasteiger partial charge in [-0.2, -0.15) is 0 Å². The third kappa shape index (κ3) is 8.74. The molecule has 2 N–H and O–H groups in total. The minimum Gasteiger partial charge on any atom is -0.380 e. The van der Waals surface area contributed by atoms with Crippen LogP contribution in [0.15, 0.2) is 24.3 Å². The van der Waals surface area contributed by atoms with Crippen molar-refractivity contribution in [2.75, 3.05) is 40.1 Å². The van der Waals surface area contributed by atoms with Crippen molar-refractivity contribution in [2.24, 2.45) is 16.6 Å².